The zero-order valence-electron chi connectivity index (χ0n) is 30.2. The Morgan fingerprint density at radius 2 is 1.69 bits per heavy atom. The van der Waals surface area contributed by atoms with Gasteiger partial charge >= 0.3 is 0 Å². The van der Waals surface area contributed by atoms with Crippen LogP contribution < -0.4 is 16.8 Å². The van der Waals surface area contributed by atoms with E-state index >= 15 is 0 Å². The van der Waals surface area contributed by atoms with Gasteiger partial charge in [-0.05, 0) is 42.8 Å². The van der Waals surface area contributed by atoms with Gasteiger partial charge in [-0.3, -0.25) is 9.79 Å². The van der Waals surface area contributed by atoms with E-state index in [-0.39, 0.29) is 18.4 Å². The highest BCUT2D eigenvalue weighted by atomic mass is 16.7. The van der Waals surface area contributed by atoms with Crippen LogP contribution in [0.3, 0.4) is 0 Å². The van der Waals surface area contributed by atoms with Crippen LogP contribution in [-0.2, 0) is 27.2 Å². The van der Waals surface area contributed by atoms with Crippen molar-refractivity contribution in [3.05, 3.63) is 126 Å². The number of aliphatic imine (C=N–C) groups is 1. The average molecular weight is 669 g/mol. The van der Waals surface area contributed by atoms with Gasteiger partial charge in [-0.1, -0.05) is 107 Å². The number of hydrogen-bond acceptors (Lipinski definition) is 8. The summed E-state index contributed by atoms with van der Waals surface area (Å²) < 4.78 is 11.9. The summed E-state index contributed by atoms with van der Waals surface area (Å²) in [6, 6.07) is 19.7. The van der Waals surface area contributed by atoms with Crippen molar-refractivity contribution in [2.24, 2.45) is 16.5 Å². The Hall–Kier alpha value is -4.91. The number of carbonyl (C=O) groups excluding carboxylic acids is 1. The Kier molecular flexibility index (Phi) is 20.1. The summed E-state index contributed by atoms with van der Waals surface area (Å²) in [5.74, 6) is -0.836. The molecule has 2 heterocycles. The third kappa shape index (κ3) is 13.6. The number of ether oxygens (including phenoxy) is 2. The lowest BCUT2D eigenvalue weighted by Crippen LogP contribution is -2.42. The number of nitrogens with one attached hydrogen (secondary N) is 1. The van der Waals surface area contributed by atoms with Crippen LogP contribution in [0.15, 0.2) is 114 Å². The van der Waals surface area contributed by atoms with E-state index in [2.05, 4.69) is 35.3 Å². The van der Waals surface area contributed by atoms with Gasteiger partial charge in [0.15, 0.2) is 5.79 Å². The Morgan fingerprint density at radius 3 is 2.24 bits per heavy atom. The van der Waals surface area contributed by atoms with Crippen molar-refractivity contribution in [3.63, 3.8) is 0 Å². The Balaban J connectivity index is 0.00000160. The molecule has 5 N–H and O–H groups in total. The lowest BCUT2D eigenvalue weighted by molar-refractivity contribution is -0.152. The van der Waals surface area contributed by atoms with Crippen LogP contribution in [0.4, 0.5) is 0 Å². The molecule has 0 radical (unpaired) electrons. The highest BCUT2D eigenvalue weighted by Crippen LogP contribution is 2.37. The van der Waals surface area contributed by atoms with Gasteiger partial charge in [-0.2, -0.15) is 5.26 Å². The minimum Gasteiger partial charge on any atom is -0.405 e. The van der Waals surface area contributed by atoms with Crippen molar-refractivity contribution < 1.29 is 14.3 Å². The summed E-state index contributed by atoms with van der Waals surface area (Å²) in [5, 5.41) is 12.6. The molecule has 1 atom stereocenters. The van der Waals surface area contributed by atoms with Gasteiger partial charge in [0.1, 0.15) is 0 Å². The normalized spacial score (nSPS) is 16.7. The quantitative estimate of drug-likeness (QED) is 0.136. The first-order valence-electron chi connectivity index (χ1n) is 16.9. The fourth-order valence-electron chi connectivity index (χ4n) is 5.12. The predicted molar refractivity (Wildman–Crippen MR) is 203 cm³/mol. The second-order valence-corrected chi connectivity index (χ2v) is 10.8. The van der Waals surface area contributed by atoms with Crippen molar-refractivity contribution in [1.82, 2.24) is 10.2 Å². The summed E-state index contributed by atoms with van der Waals surface area (Å²) in [6.07, 6.45) is 8.92. The molecule has 0 bridgehead atoms. The summed E-state index contributed by atoms with van der Waals surface area (Å²) in [4.78, 5) is 20.0. The van der Waals surface area contributed by atoms with E-state index in [1.54, 1.807) is 18.5 Å². The number of allylic oxidation sites excluding steroid dienone is 4. The molecule has 9 heteroatoms. The lowest BCUT2D eigenvalue weighted by atomic mass is 10.0. The molecule has 2 saturated heterocycles. The molecule has 0 saturated carbocycles. The van der Waals surface area contributed by atoms with E-state index < -0.39 is 5.79 Å². The molecule has 2 aromatic carbocycles. The number of rotatable bonds is 11. The minimum atomic E-state index is -0.807. The topological polar surface area (TPSA) is 139 Å². The van der Waals surface area contributed by atoms with E-state index in [1.807, 2.05) is 107 Å². The molecule has 2 aromatic rings. The maximum absolute atomic E-state index is 13.6. The smallest absolute Gasteiger partial charge is 0.227 e. The third-order valence-electron chi connectivity index (χ3n) is 7.43. The Bertz CT molecular complexity index is 1460. The molecule has 1 spiro atoms. The third-order valence-corrected chi connectivity index (χ3v) is 7.43. The van der Waals surface area contributed by atoms with E-state index in [9.17, 15) is 10.1 Å². The largest absolute Gasteiger partial charge is 0.405 e. The second kappa shape index (κ2) is 23.4. The van der Waals surface area contributed by atoms with Gasteiger partial charge < -0.3 is 31.2 Å². The summed E-state index contributed by atoms with van der Waals surface area (Å²) in [5.41, 5.74) is 16.6. The number of carbonyl (C=O) groups is 1. The molecule has 4 rings (SSSR count). The lowest BCUT2D eigenvalue weighted by Gasteiger charge is -2.27. The van der Waals surface area contributed by atoms with E-state index in [0.717, 1.165) is 27.8 Å². The zero-order chi connectivity index (χ0) is 36.7. The van der Waals surface area contributed by atoms with Gasteiger partial charge in [0, 0.05) is 42.2 Å². The van der Waals surface area contributed by atoms with Crippen LogP contribution in [0.25, 0.3) is 5.57 Å². The van der Waals surface area contributed by atoms with Gasteiger partial charge in [0.25, 0.3) is 0 Å². The summed E-state index contributed by atoms with van der Waals surface area (Å²) >= 11 is 0. The molecular formula is C40H56N6O3. The van der Waals surface area contributed by atoms with Crippen molar-refractivity contribution in [2.45, 2.75) is 72.8 Å². The van der Waals surface area contributed by atoms with Gasteiger partial charge in [0.05, 0.1) is 44.8 Å². The molecule has 2 fully saturated rings. The van der Waals surface area contributed by atoms with Crippen LogP contribution in [0.5, 0.6) is 0 Å². The molecule has 9 nitrogen and oxygen atoms in total. The van der Waals surface area contributed by atoms with Crippen molar-refractivity contribution in [1.29, 1.82) is 5.26 Å². The fraction of sp³-hybridized carbons (Fsp3) is 0.375. The minimum absolute atomic E-state index is 0.0290. The Labute approximate surface area is 294 Å². The summed E-state index contributed by atoms with van der Waals surface area (Å²) in [7, 11) is 0. The molecular weight excluding hydrogens is 612 g/mol. The second-order valence-electron chi connectivity index (χ2n) is 10.8. The molecule has 2 aliphatic rings. The predicted octanol–water partition coefficient (Wildman–Crippen LogP) is 6.80. The maximum atomic E-state index is 13.6. The van der Waals surface area contributed by atoms with E-state index in [4.69, 9.17) is 15.2 Å². The first kappa shape index (κ1) is 42.1. The van der Waals surface area contributed by atoms with Crippen molar-refractivity contribution >= 4 is 17.7 Å². The zero-order valence-corrected chi connectivity index (χ0v) is 30.2. The number of nitriles is 1. The molecule has 1 amide bonds. The average Bonchev–Trinajstić information content (AvgIpc) is 3.77. The van der Waals surface area contributed by atoms with Crippen LogP contribution in [-0.4, -0.2) is 55.2 Å². The van der Waals surface area contributed by atoms with Crippen molar-refractivity contribution in [2.75, 3.05) is 26.3 Å². The van der Waals surface area contributed by atoms with E-state index in [0.29, 0.717) is 50.5 Å². The van der Waals surface area contributed by atoms with Gasteiger partial charge in [0.2, 0.25) is 5.91 Å². The molecule has 0 aromatic heterocycles. The highest BCUT2D eigenvalue weighted by molar-refractivity contribution is 6.09. The number of amides is 1. The number of likely N-dealkylation sites (tertiary alicyclic amines) is 1. The van der Waals surface area contributed by atoms with Crippen LogP contribution in [0.1, 0.15) is 64.7 Å². The fourth-order valence-corrected chi connectivity index (χ4v) is 5.12. The molecule has 1 unspecified atom stereocenters. The monoisotopic (exact) mass is 668 g/mol. The molecule has 49 heavy (non-hydrogen) atoms. The maximum Gasteiger partial charge on any atom is 0.227 e. The van der Waals surface area contributed by atoms with Crippen LogP contribution in [0, 0.1) is 11.3 Å². The molecule has 264 valence electrons. The molecule has 2 aliphatic heterocycles. The van der Waals surface area contributed by atoms with Crippen LogP contribution >= 0.6 is 0 Å². The first-order valence-corrected chi connectivity index (χ1v) is 16.9. The standard InChI is InChI=1S/C34H39N5O3.C2H5N.2C2H6/c1-4-27(19-35)16-25(2)21-38-26(3)32-18-34(41-14-15-42-34)24-39(32)33(40)17-28-10-12-30(13-11-28)31(20-36)23-37-22-29-8-6-5-7-9-29;1-2-3;2*1-2/h4-13,16,20,23,32,38H,3,14-15,17-18,21-22,24,36H2,1-2H3;2H,1,3H2;2*1-2H3/b25-16+,27-4+,31-20+,37-23?;;;. The highest BCUT2D eigenvalue weighted by Gasteiger charge is 2.50. The van der Waals surface area contributed by atoms with E-state index in [1.165, 1.54) is 6.20 Å². The SMILES string of the molecule is C=C(NC/C(C)=C/C(C#N)=C\C)C1CC2(CN1C(=O)Cc1ccc(/C(C=NCc3ccccc3)=C/N)cc1)OCCO2.C=CN.CC.CC. The van der Waals surface area contributed by atoms with Crippen molar-refractivity contribution in [3.8, 4) is 6.07 Å². The first-order chi connectivity index (χ1) is 23.8. The van der Waals surface area contributed by atoms with Gasteiger partial charge in [-0.25, -0.2) is 0 Å². The number of benzene rings is 2. The summed E-state index contributed by atoms with van der Waals surface area (Å²) in [6.45, 7) is 21.6. The number of nitrogens with two attached hydrogens (primary N) is 2. The number of hydrogen-bond donors (Lipinski definition) is 3. The number of nitrogens with zero attached hydrogens (tertiary/aromatic N) is 3. The van der Waals surface area contributed by atoms with Gasteiger partial charge in [-0.15, -0.1) is 0 Å². The van der Waals surface area contributed by atoms with Crippen LogP contribution in [0.2, 0.25) is 0 Å². The Morgan fingerprint density at radius 1 is 1.08 bits per heavy atom. The molecule has 0 aliphatic carbocycles.